The van der Waals surface area contributed by atoms with Gasteiger partial charge >= 0.3 is 0 Å². The summed E-state index contributed by atoms with van der Waals surface area (Å²) in [6.45, 7) is 0. The summed E-state index contributed by atoms with van der Waals surface area (Å²) < 4.78 is 13.3. The van der Waals surface area contributed by atoms with Crippen molar-refractivity contribution in [1.29, 1.82) is 0 Å². The number of para-hydroxylation sites is 4. The quantitative estimate of drug-likeness (QED) is 0.178. The Morgan fingerprint density at radius 3 is 1.77 bits per heavy atom. The first-order chi connectivity index (χ1) is 30.7. The number of rotatable bonds is 4. The highest BCUT2D eigenvalue weighted by molar-refractivity contribution is 7.26. The fourth-order valence-corrected chi connectivity index (χ4v) is 11.0. The van der Waals surface area contributed by atoms with Gasteiger partial charge in [-0.2, -0.15) is 9.97 Å². The van der Waals surface area contributed by atoms with Gasteiger partial charge in [-0.15, -0.1) is 11.3 Å². The number of nitrogens with zero attached hydrogens (tertiary/aromatic N) is 5. The molecule has 62 heavy (non-hydrogen) atoms. The Labute approximate surface area is 357 Å². The molecule has 0 atom stereocenters. The largest absolute Gasteiger partial charge is 0.456 e. The van der Waals surface area contributed by atoms with Crippen LogP contribution in [0.4, 0.5) is 0 Å². The number of hydrogen-bond donors (Lipinski definition) is 0. The van der Waals surface area contributed by atoms with Crippen LogP contribution in [0, 0.1) is 0 Å². The van der Waals surface area contributed by atoms with Gasteiger partial charge in [-0.1, -0.05) is 121 Å². The van der Waals surface area contributed by atoms with E-state index in [0.717, 1.165) is 65.3 Å². The van der Waals surface area contributed by atoms with Gasteiger partial charge in [0, 0.05) is 63.6 Å². The first-order valence-electron chi connectivity index (χ1n) is 20.8. The molecule has 0 aliphatic heterocycles. The average molecular weight is 810 g/mol. The molecule has 5 heterocycles. The van der Waals surface area contributed by atoms with Gasteiger partial charge < -0.3 is 8.98 Å². The Kier molecular flexibility index (Phi) is 6.89. The highest BCUT2D eigenvalue weighted by atomic mass is 32.1. The molecule has 0 saturated heterocycles. The summed E-state index contributed by atoms with van der Waals surface area (Å²) in [6, 6.07) is 66.7. The van der Waals surface area contributed by atoms with Gasteiger partial charge in [-0.25, -0.2) is 4.98 Å². The van der Waals surface area contributed by atoms with E-state index in [1.165, 1.54) is 48.1 Å². The summed E-state index contributed by atoms with van der Waals surface area (Å²) in [7, 11) is 0. The van der Waals surface area contributed by atoms with Crippen LogP contribution in [0.3, 0.4) is 0 Å². The second-order valence-corrected chi connectivity index (χ2v) is 17.0. The molecule has 5 aromatic heterocycles. The van der Waals surface area contributed by atoms with Gasteiger partial charge in [0.05, 0.1) is 27.8 Å². The zero-order valence-corrected chi connectivity index (χ0v) is 33.8. The zero-order valence-electron chi connectivity index (χ0n) is 33.0. The van der Waals surface area contributed by atoms with Crippen LogP contribution < -0.4 is 0 Å². The van der Waals surface area contributed by atoms with Crippen LogP contribution in [0.15, 0.2) is 192 Å². The van der Waals surface area contributed by atoms with Gasteiger partial charge in [0.15, 0.2) is 11.6 Å². The van der Waals surface area contributed by atoms with Gasteiger partial charge in [-0.3, -0.25) is 4.57 Å². The Hall–Kier alpha value is -8.13. The van der Waals surface area contributed by atoms with Gasteiger partial charge in [0.25, 0.3) is 0 Å². The number of furan rings is 1. The summed E-state index contributed by atoms with van der Waals surface area (Å²) >= 11 is 1.79. The molecule has 0 radical (unpaired) electrons. The summed E-state index contributed by atoms with van der Waals surface area (Å²) in [5, 5.41) is 11.7. The first kappa shape index (κ1) is 33.7. The smallest absolute Gasteiger partial charge is 0.238 e. The number of hydrogen-bond acceptors (Lipinski definition) is 5. The van der Waals surface area contributed by atoms with Crippen molar-refractivity contribution in [3.05, 3.63) is 188 Å². The Balaban J connectivity index is 1.07. The predicted molar refractivity (Wildman–Crippen MR) is 257 cm³/mol. The highest BCUT2D eigenvalue weighted by Gasteiger charge is 2.23. The molecule has 9 aromatic carbocycles. The highest BCUT2D eigenvalue weighted by Crippen LogP contribution is 2.45. The third-order valence-corrected chi connectivity index (χ3v) is 13.8. The van der Waals surface area contributed by atoms with Crippen LogP contribution in [-0.4, -0.2) is 24.1 Å². The minimum atomic E-state index is 0.555. The molecule has 6 nitrogen and oxygen atoms in total. The fourth-order valence-electron chi connectivity index (χ4n) is 9.81. The molecule has 7 heteroatoms. The number of benzene rings is 9. The van der Waals surface area contributed by atoms with Crippen LogP contribution >= 0.6 is 11.3 Å². The summed E-state index contributed by atoms with van der Waals surface area (Å²) in [4.78, 5) is 16.1. The lowest BCUT2D eigenvalue weighted by atomic mass is 10.1. The molecule has 14 rings (SSSR count). The predicted octanol–water partition coefficient (Wildman–Crippen LogP) is 14.8. The third-order valence-electron chi connectivity index (χ3n) is 12.6. The van der Waals surface area contributed by atoms with Crippen LogP contribution in [0.2, 0.25) is 0 Å². The molecule has 288 valence electrons. The van der Waals surface area contributed by atoms with E-state index < -0.39 is 0 Å². The van der Waals surface area contributed by atoms with E-state index in [-0.39, 0.29) is 0 Å². The van der Waals surface area contributed by atoms with Crippen LogP contribution in [0.5, 0.6) is 0 Å². The van der Waals surface area contributed by atoms with Crippen molar-refractivity contribution >= 4 is 108 Å². The van der Waals surface area contributed by atoms with Crippen molar-refractivity contribution < 1.29 is 4.42 Å². The maximum absolute atomic E-state index is 6.39. The van der Waals surface area contributed by atoms with Gasteiger partial charge in [-0.05, 0) is 77.5 Å². The molecule has 0 fully saturated rings. The fraction of sp³-hybridized carbons (Fsp3) is 0. The maximum Gasteiger partial charge on any atom is 0.238 e. The van der Waals surface area contributed by atoms with Crippen LogP contribution in [-0.2, 0) is 0 Å². The first-order valence-corrected chi connectivity index (χ1v) is 21.6. The van der Waals surface area contributed by atoms with Crippen molar-refractivity contribution in [2.75, 3.05) is 0 Å². The molecule has 0 aliphatic rings. The topological polar surface area (TPSA) is 61.7 Å². The van der Waals surface area contributed by atoms with Crippen LogP contribution in [0.1, 0.15) is 0 Å². The molecule has 0 bridgehead atoms. The lowest BCUT2D eigenvalue weighted by Gasteiger charge is -2.14. The lowest BCUT2D eigenvalue weighted by Crippen LogP contribution is -2.06. The van der Waals surface area contributed by atoms with E-state index in [9.17, 15) is 0 Å². The monoisotopic (exact) mass is 809 g/mol. The van der Waals surface area contributed by atoms with Crippen LogP contribution in [0.25, 0.3) is 131 Å². The van der Waals surface area contributed by atoms with E-state index >= 15 is 0 Å². The number of fused-ring (bicyclic) bond motifs is 13. The Morgan fingerprint density at radius 1 is 0.403 bits per heavy atom. The molecule has 0 N–H and O–H groups in total. The van der Waals surface area contributed by atoms with Crippen molar-refractivity contribution in [3.63, 3.8) is 0 Å². The maximum atomic E-state index is 6.39. The normalized spacial score (nSPS) is 12.2. The average Bonchev–Trinajstić information content (AvgIpc) is 4.08. The van der Waals surface area contributed by atoms with Crippen molar-refractivity contribution in [2.24, 2.45) is 0 Å². The molecule has 14 aromatic rings. The third kappa shape index (κ3) is 4.76. The van der Waals surface area contributed by atoms with E-state index in [2.05, 4.69) is 179 Å². The van der Waals surface area contributed by atoms with Gasteiger partial charge in [0.2, 0.25) is 5.95 Å². The Bertz CT molecular complexity index is 4130. The van der Waals surface area contributed by atoms with E-state index in [1.54, 1.807) is 11.3 Å². The summed E-state index contributed by atoms with van der Waals surface area (Å²) in [5.74, 6) is 1.73. The summed E-state index contributed by atoms with van der Waals surface area (Å²) in [5.41, 5.74) is 8.97. The SMILES string of the molecule is c1ccc2cc3c(cc2c1)c1ccccc1n3-c1ccc(-c2nc(-c3ccc4c(c3)oc3ccccc34)nc(-n3c4ccccc4c4ccccc43)n2)c2sc3ccccc3c12. The molecule has 0 spiro atoms. The van der Waals surface area contributed by atoms with Crippen molar-refractivity contribution in [3.8, 4) is 34.4 Å². The minimum absolute atomic E-state index is 0.555. The van der Waals surface area contributed by atoms with Crippen molar-refractivity contribution in [1.82, 2.24) is 24.1 Å². The number of aromatic nitrogens is 5. The summed E-state index contributed by atoms with van der Waals surface area (Å²) in [6.07, 6.45) is 0. The van der Waals surface area contributed by atoms with Crippen molar-refractivity contribution in [2.45, 2.75) is 0 Å². The van der Waals surface area contributed by atoms with E-state index in [4.69, 9.17) is 19.4 Å². The zero-order chi connectivity index (χ0) is 40.5. The lowest BCUT2D eigenvalue weighted by molar-refractivity contribution is 0.669. The molecule has 0 amide bonds. The Morgan fingerprint density at radius 2 is 1.00 bits per heavy atom. The molecular formula is C55H31N5OS. The molecule has 0 saturated carbocycles. The molecule has 0 unspecified atom stereocenters. The standard InChI is InChI=1S/C55H31N5OS/c1-2-14-33-30-47-42(29-32(33)13-1)37-17-5-8-20-43(37)59(47)46-28-27-41(52-51(46)40-19-7-12-24-50(40)62-52)54-56-53(34-25-26-39-38-18-6-11-23-48(38)61-49(39)31-34)57-55(58-54)60-44-21-9-3-15-35(44)36-16-4-10-22-45(36)60/h1-31H. The number of thiophene rings is 1. The van der Waals surface area contributed by atoms with E-state index in [1.807, 2.05) is 18.2 Å². The molecule has 0 aliphatic carbocycles. The minimum Gasteiger partial charge on any atom is -0.456 e. The second-order valence-electron chi connectivity index (χ2n) is 16.0. The molecular weight excluding hydrogens is 779 g/mol. The second kappa shape index (κ2) is 12.7. The van der Waals surface area contributed by atoms with Gasteiger partial charge in [0.1, 0.15) is 11.2 Å². The van der Waals surface area contributed by atoms with E-state index in [0.29, 0.717) is 17.6 Å².